The first kappa shape index (κ1) is 46.8. The van der Waals surface area contributed by atoms with Gasteiger partial charge in [0.05, 0.1) is 15.9 Å². The van der Waals surface area contributed by atoms with Gasteiger partial charge in [0.15, 0.2) is 23.4 Å². The monoisotopic (exact) mass is 960 g/mol. The van der Waals surface area contributed by atoms with E-state index >= 15 is 0 Å². The number of carbonyl (C=O) groups is 2. The molecule has 4 N–H and O–H groups in total. The fourth-order valence-corrected chi connectivity index (χ4v) is 6.82. The number of halogens is 1. The lowest BCUT2D eigenvalue weighted by Gasteiger charge is -2.04. The number of hydrogen-bond donors (Lipinski definition) is 4. The summed E-state index contributed by atoms with van der Waals surface area (Å²) in [6.45, 7) is 6.87. The topological polar surface area (TPSA) is 237 Å². The highest BCUT2D eigenvalue weighted by Crippen LogP contribution is 2.24. The molecule has 10 rings (SSSR count). The van der Waals surface area contributed by atoms with Gasteiger partial charge in [0.25, 0.3) is 23.4 Å². The molecule has 0 unspecified atom stereocenters. The van der Waals surface area contributed by atoms with Crippen molar-refractivity contribution < 1.29 is 28.5 Å². The SMILES string of the molecule is C.Cc1nc(C)c(C(=O)Nc2cccc(-c3nc4ncc(-c5ccccc5)cn4n3)c2)o1.Cc1nc(C)c(C(=O)Nc2cccc(-c3nc4ncc(Br)cn4n3)c2)o1.OB(O)c1ccccc1. The minimum atomic E-state index is -1.34. The van der Waals surface area contributed by atoms with Gasteiger partial charge < -0.3 is 29.5 Å². The molecular weight excluding hydrogens is 919 g/mol. The van der Waals surface area contributed by atoms with Crippen molar-refractivity contribution in [1.82, 2.24) is 49.1 Å². The fourth-order valence-electron chi connectivity index (χ4n) is 6.52. The van der Waals surface area contributed by atoms with Gasteiger partial charge in [-0.25, -0.2) is 29.0 Å². The molecule has 0 aliphatic heterocycles. The second-order valence-corrected chi connectivity index (χ2v) is 15.4. The average Bonchev–Trinajstić information content (AvgIpc) is 4.11. The Morgan fingerprint density at radius 2 is 1.04 bits per heavy atom. The zero-order chi connectivity index (χ0) is 46.3. The van der Waals surface area contributed by atoms with Gasteiger partial charge in [-0.15, -0.1) is 10.2 Å². The zero-order valence-electron chi connectivity index (χ0n) is 35.7. The molecule has 4 aromatic carbocycles. The maximum Gasteiger partial charge on any atom is 0.488 e. The van der Waals surface area contributed by atoms with Crippen LogP contribution < -0.4 is 16.1 Å². The van der Waals surface area contributed by atoms with E-state index in [4.69, 9.17) is 18.9 Å². The Morgan fingerprint density at radius 1 is 0.582 bits per heavy atom. The first-order valence-electron chi connectivity index (χ1n) is 20.2. The smallest absolute Gasteiger partial charge is 0.436 e. The first-order valence-corrected chi connectivity index (χ1v) is 20.9. The third-order valence-electron chi connectivity index (χ3n) is 9.54. The summed E-state index contributed by atoms with van der Waals surface area (Å²) < 4.78 is 14.8. The first-order chi connectivity index (χ1) is 31.9. The lowest BCUT2D eigenvalue weighted by atomic mass is 9.81. The number of nitrogens with zero attached hydrogens (tertiary/aromatic N) is 10. The van der Waals surface area contributed by atoms with Crippen LogP contribution in [0.2, 0.25) is 0 Å². The molecule has 0 saturated carbocycles. The number of carbonyl (C=O) groups excluding carboxylic acids is 2. The molecule has 6 aromatic heterocycles. The standard InChI is InChI=1S/C23H18N6O2.C17H13BrN6O2.C6H7BO2.CH4/c1-14-20(31-15(2)25-14)22(30)26-19-10-6-9-17(11-19)21-27-23-24-12-18(13-29(23)28-21)16-7-4-3-5-8-16;1-9-14(26-10(2)20-9)16(25)21-13-5-3-4-11(6-13)15-22-17-19-7-12(18)8-24(17)23-15;8-7(9)6-4-2-1-3-5-6;/h3-13H,1-2H3,(H,26,30);3-8H,1-2H3,(H,21,25);1-5,8-9H;1H4. The number of benzene rings is 4. The molecule has 10 aromatic rings. The minimum Gasteiger partial charge on any atom is -0.436 e. The van der Waals surface area contributed by atoms with Crippen LogP contribution >= 0.6 is 15.9 Å². The second-order valence-electron chi connectivity index (χ2n) is 14.5. The van der Waals surface area contributed by atoms with Crippen LogP contribution in [0.1, 0.15) is 51.7 Å². The van der Waals surface area contributed by atoms with Crippen molar-refractivity contribution in [2.24, 2.45) is 0 Å². The predicted octanol–water partition coefficient (Wildman–Crippen LogP) is 7.73. The molecule has 0 aliphatic carbocycles. The summed E-state index contributed by atoms with van der Waals surface area (Å²) in [5, 5.41) is 31.8. The molecule has 0 bridgehead atoms. The van der Waals surface area contributed by atoms with Crippen LogP contribution in [-0.2, 0) is 0 Å². The van der Waals surface area contributed by atoms with Crippen LogP contribution in [0.4, 0.5) is 11.4 Å². The molecule has 18 nitrogen and oxygen atoms in total. The van der Waals surface area contributed by atoms with Crippen molar-refractivity contribution in [2.45, 2.75) is 35.1 Å². The Kier molecular flexibility index (Phi) is 14.5. The summed E-state index contributed by atoms with van der Waals surface area (Å²) in [6, 6.07) is 33.2. The number of aromatic nitrogens is 10. The van der Waals surface area contributed by atoms with E-state index in [1.165, 1.54) is 0 Å². The van der Waals surface area contributed by atoms with Crippen molar-refractivity contribution in [3.05, 3.63) is 173 Å². The van der Waals surface area contributed by atoms with Crippen LogP contribution in [0.15, 0.2) is 147 Å². The van der Waals surface area contributed by atoms with Crippen LogP contribution in [0.5, 0.6) is 0 Å². The molecule has 67 heavy (non-hydrogen) atoms. The Morgan fingerprint density at radius 3 is 1.51 bits per heavy atom. The number of hydrogen-bond acceptors (Lipinski definition) is 14. The molecule has 0 spiro atoms. The fraction of sp³-hybridized carbons (Fsp3) is 0.106. The molecule has 2 amide bonds. The molecular formula is C47H42BBrN12O6. The number of oxazole rings is 2. The quantitative estimate of drug-likeness (QED) is 0.107. The molecule has 0 saturated heterocycles. The molecule has 20 heteroatoms. The van der Waals surface area contributed by atoms with Crippen LogP contribution in [-0.4, -0.2) is 78.1 Å². The minimum absolute atomic E-state index is 0. The summed E-state index contributed by atoms with van der Waals surface area (Å²) in [5.74, 6) is 2.61. The van der Waals surface area contributed by atoms with Crippen LogP contribution in [0.3, 0.4) is 0 Å². The molecule has 0 atom stereocenters. The van der Waals surface area contributed by atoms with E-state index in [9.17, 15) is 9.59 Å². The number of aryl methyl sites for hydroxylation is 4. The third-order valence-corrected chi connectivity index (χ3v) is 9.95. The molecule has 0 aliphatic rings. The average molecular weight is 962 g/mol. The molecule has 0 radical (unpaired) electrons. The Balaban J connectivity index is 0.000000167. The van der Waals surface area contributed by atoms with Gasteiger partial charge in [-0.05, 0) is 65.1 Å². The number of anilines is 2. The van der Waals surface area contributed by atoms with Gasteiger partial charge in [0.2, 0.25) is 11.5 Å². The highest BCUT2D eigenvalue weighted by atomic mass is 79.9. The molecule has 6 heterocycles. The van der Waals surface area contributed by atoms with Gasteiger partial charge in [-0.2, -0.15) is 9.97 Å². The van der Waals surface area contributed by atoms with E-state index in [0.717, 1.165) is 26.7 Å². The van der Waals surface area contributed by atoms with Gasteiger partial charge >= 0.3 is 7.12 Å². The second kappa shape index (κ2) is 20.8. The van der Waals surface area contributed by atoms with E-state index < -0.39 is 7.12 Å². The van der Waals surface area contributed by atoms with Crippen molar-refractivity contribution in [2.75, 3.05) is 10.6 Å². The van der Waals surface area contributed by atoms with Crippen molar-refractivity contribution in [1.29, 1.82) is 0 Å². The van der Waals surface area contributed by atoms with E-state index in [-0.39, 0.29) is 30.8 Å². The maximum atomic E-state index is 12.5. The zero-order valence-corrected chi connectivity index (χ0v) is 37.2. The Hall–Kier alpha value is -8.20. The number of amides is 2. The third kappa shape index (κ3) is 11.4. The van der Waals surface area contributed by atoms with Gasteiger partial charge in [0, 0.05) is 66.7 Å². The van der Waals surface area contributed by atoms with E-state index in [1.54, 1.807) is 97.8 Å². The Labute approximate surface area is 392 Å². The lowest BCUT2D eigenvalue weighted by Crippen LogP contribution is -2.29. The normalized spacial score (nSPS) is 10.6. The summed E-state index contributed by atoms with van der Waals surface area (Å²) in [6.07, 6.45) is 7.11. The predicted molar refractivity (Wildman–Crippen MR) is 256 cm³/mol. The van der Waals surface area contributed by atoms with E-state index in [1.807, 2.05) is 72.9 Å². The van der Waals surface area contributed by atoms with E-state index in [2.05, 4.69) is 66.7 Å². The highest BCUT2D eigenvalue weighted by Gasteiger charge is 2.19. The van der Waals surface area contributed by atoms with Crippen molar-refractivity contribution >= 4 is 63.3 Å². The maximum absolute atomic E-state index is 12.5. The highest BCUT2D eigenvalue weighted by molar-refractivity contribution is 9.10. The number of rotatable bonds is 8. The van der Waals surface area contributed by atoms with Crippen molar-refractivity contribution in [3.8, 4) is 33.9 Å². The van der Waals surface area contributed by atoms with Gasteiger partial charge in [-0.3, -0.25) is 9.59 Å². The van der Waals surface area contributed by atoms with E-state index in [0.29, 0.717) is 63.2 Å². The summed E-state index contributed by atoms with van der Waals surface area (Å²) in [4.78, 5) is 50.7. The van der Waals surface area contributed by atoms with Crippen molar-refractivity contribution in [3.63, 3.8) is 0 Å². The number of nitrogens with one attached hydrogen (secondary N) is 2. The summed E-state index contributed by atoms with van der Waals surface area (Å²) in [5.41, 5.74) is 6.35. The molecule has 0 fully saturated rings. The van der Waals surface area contributed by atoms with Crippen LogP contribution in [0.25, 0.3) is 45.5 Å². The summed E-state index contributed by atoms with van der Waals surface area (Å²) >= 11 is 3.35. The largest absolute Gasteiger partial charge is 0.488 e. The van der Waals surface area contributed by atoms with Crippen LogP contribution in [0, 0.1) is 27.7 Å². The summed E-state index contributed by atoms with van der Waals surface area (Å²) in [7, 11) is -1.34. The van der Waals surface area contributed by atoms with Gasteiger partial charge in [-0.1, -0.05) is 92.4 Å². The molecule has 336 valence electrons. The number of fused-ring (bicyclic) bond motifs is 2. The van der Waals surface area contributed by atoms with Gasteiger partial charge in [0.1, 0.15) is 0 Å². The Bertz CT molecular complexity index is 3320. The lowest BCUT2D eigenvalue weighted by molar-refractivity contribution is 0.0987.